The molecular weight excluding hydrogens is 262 g/mol. The number of benzene rings is 2. The summed E-state index contributed by atoms with van der Waals surface area (Å²) in [6, 6.07) is 13.6. The van der Waals surface area contributed by atoms with Gasteiger partial charge in [-0.1, -0.05) is 23.7 Å². The first kappa shape index (κ1) is 13.3. The van der Waals surface area contributed by atoms with Crippen molar-refractivity contribution in [2.24, 2.45) is 0 Å². The van der Waals surface area contributed by atoms with Crippen LogP contribution in [0.1, 0.15) is 22.8 Å². The molecule has 2 aromatic carbocycles. The number of amides is 1. The summed E-state index contributed by atoms with van der Waals surface area (Å²) in [5.74, 6) is -0.364. The van der Waals surface area contributed by atoms with Crippen LogP contribution in [0.25, 0.3) is 0 Å². The highest BCUT2D eigenvalue weighted by Gasteiger charge is 2.13. The van der Waals surface area contributed by atoms with Crippen molar-refractivity contribution < 1.29 is 9.59 Å². The maximum atomic E-state index is 12.4. The Labute approximate surface area is 116 Å². The van der Waals surface area contributed by atoms with Crippen LogP contribution in [0.5, 0.6) is 0 Å². The monoisotopic (exact) mass is 273 g/mol. The molecule has 19 heavy (non-hydrogen) atoms. The van der Waals surface area contributed by atoms with E-state index >= 15 is 0 Å². The minimum Gasteiger partial charge on any atom is -0.326 e. The third-order valence-corrected chi connectivity index (χ3v) is 2.84. The number of carbonyl (C=O) groups excluding carboxylic acids is 2. The Morgan fingerprint density at radius 3 is 2.26 bits per heavy atom. The van der Waals surface area contributed by atoms with Crippen LogP contribution in [-0.2, 0) is 4.79 Å². The van der Waals surface area contributed by atoms with Crippen molar-refractivity contribution in [3.63, 3.8) is 0 Å². The van der Waals surface area contributed by atoms with Gasteiger partial charge in [0.15, 0.2) is 5.78 Å². The van der Waals surface area contributed by atoms with E-state index in [4.69, 9.17) is 11.6 Å². The number of halogens is 1. The van der Waals surface area contributed by atoms with E-state index in [0.717, 1.165) is 0 Å². The van der Waals surface area contributed by atoms with Gasteiger partial charge in [-0.25, -0.2) is 0 Å². The van der Waals surface area contributed by atoms with Crippen LogP contribution in [0.2, 0.25) is 5.02 Å². The predicted octanol–water partition coefficient (Wildman–Crippen LogP) is 3.53. The predicted molar refractivity (Wildman–Crippen MR) is 75.6 cm³/mol. The third kappa shape index (κ3) is 3.20. The first-order valence-corrected chi connectivity index (χ1v) is 6.12. The molecule has 0 radical (unpaired) electrons. The maximum Gasteiger partial charge on any atom is 0.221 e. The first-order valence-electron chi connectivity index (χ1n) is 5.75. The molecule has 0 aliphatic rings. The second-order valence-corrected chi connectivity index (χ2v) is 4.50. The van der Waals surface area contributed by atoms with Crippen molar-refractivity contribution in [1.82, 2.24) is 0 Å². The van der Waals surface area contributed by atoms with Crippen molar-refractivity contribution in [3.8, 4) is 0 Å². The first-order chi connectivity index (χ1) is 9.08. The van der Waals surface area contributed by atoms with Gasteiger partial charge in [0, 0.05) is 23.1 Å². The quantitative estimate of drug-likeness (QED) is 0.870. The van der Waals surface area contributed by atoms with E-state index in [1.54, 1.807) is 48.5 Å². The van der Waals surface area contributed by atoms with E-state index < -0.39 is 0 Å². The summed E-state index contributed by atoms with van der Waals surface area (Å²) in [5.41, 5.74) is 1.50. The van der Waals surface area contributed by atoms with Crippen LogP contribution in [-0.4, -0.2) is 11.7 Å². The number of carbonyl (C=O) groups is 2. The number of hydrogen-bond donors (Lipinski definition) is 1. The van der Waals surface area contributed by atoms with Gasteiger partial charge in [-0.3, -0.25) is 9.59 Å². The van der Waals surface area contributed by atoms with Gasteiger partial charge in [-0.05, 0) is 36.4 Å². The molecule has 1 amide bonds. The molecule has 0 saturated carbocycles. The Hall–Kier alpha value is -2.13. The van der Waals surface area contributed by atoms with E-state index in [1.165, 1.54) is 6.92 Å². The number of ketones is 1. The molecule has 0 aromatic heterocycles. The molecule has 0 bridgehead atoms. The lowest BCUT2D eigenvalue weighted by Crippen LogP contribution is -2.11. The summed E-state index contributed by atoms with van der Waals surface area (Å²) < 4.78 is 0. The number of rotatable bonds is 3. The summed E-state index contributed by atoms with van der Waals surface area (Å²) in [4.78, 5) is 23.5. The zero-order chi connectivity index (χ0) is 13.8. The standard InChI is InChI=1S/C15H12ClNO2/c1-10(18)17-14-5-3-2-4-13(14)15(19)11-6-8-12(16)9-7-11/h2-9H,1H3,(H,17,18). The molecule has 0 saturated heterocycles. The van der Waals surface area contributed by atoms with Crippen molar-refractivity contribution >= 4 is 29.0 Å². The molecular formula is C15H12ClNO2. The van der Waals surface area contributed by atoms with Crippen LogP contribution in [0.15, 0.2) is 48.5 Å². The van der Waals surface area contributed by atoms with Crippen molar-refractivity contribution in [2.75, 3.05) is 5.32 Å². The van der Waals surface area contributed by atoms with Crippen LogP contribution in [0.3, 0.4) is 0 Å². The molecule has 0 spiro atoms. The molecule has 0 aliphatic heterocycles. The Morgan fingerprint density at radius 2 is 1.63 bits per heavy atom. The Kier molecular flexibility index (Phi) is 3.97. The average molecular weight is 274 g/mol. The summed E-state index contributed by atoms with van der Waals surface area (Å²) in [5, 5.41) is 3.23. The fourth-order valence-electron chi connectivity index (χ4n) is 1.74. The van der Waals surface area contributed by atoms with Gasteiger partial charge >= 0.3 is 0 Å². The minimum atomic E-state index is -0.212. The van der Waals surface area contributed by atoms with Gasteiger partial charge in [0.2, 0.25) is 5.91 Å². The molecule has 0 atom stereocenters. The Balaban J connectivity index is 2.38. The highest BCUT2D eigenvalue weighted by atomic mass is 35.5. The summed E-state index contributed by atoms with van der Waals surface area (Å²) in [7, 11) is 0. The van der Waals surface area contributed by atoms with Crippen LogP contribution < -0.4 is 5.32 Å². The number of nitrogens with one attached hydrogen (secondary N) is 1. The second kappa shape index (κ2) is 5.67. The van der Waals surface area contributed by atoms with E-state index in [1.807, 2.05) is 0 Å². The van der Waals surface area contributed by atoms with Gasteiger partial charge in [-0.15, -0.1) is 0 Å². The lowest BCUT2D eigenvalue weighted by Gasteiger charge is -2.08. The topological polar surface area (TPSA) is 46.2 Å². The zero-order valence-electron chi connectivity index (χ0n) is 10.3. The van der Waals surface area contributed by atoms with E-state index in [2.05, 4.69) is 5.32 Å². The molecule has 1 N–H and O–H groups in total. The van der Waals surface area contributed by atoms with Gasteiger partial charge in [0.25, 0.3) is 0 Å². The number of anilines is 1. The fourth-order valence-corrected chi connectivity index (χ4v) is 1.86. The van der Waals surface area contributed by atoms with Crippen molar-refractivity contribution in [2.45, 2.75) is 6.92 Å². The van der Waals surface area contributed by atoms with Crippen LogP contribution >= 0.6 is 11.6 Å². The summed E-state index contributed by atoms with van der Waals surface area (Å²) in [6.07, 6.45) is 0. The maximum absolute atomic E-state index is 12.4. The Bertz CT molecular complexity index is 620. The second-order valence-electron chi connectivity index (χ2n) is 4.06. The summed E-state index contributed by atoms with van der Waals surface area (Å²) >= 11 is 5.79. The van der Waals surface area contributed by atoms with Crippen LogP contribution in [0, 0.1) is 0 Å². The van der Waals surface area contributed by atoms with Gasteiger partial charge in [-0.2, -0.15) is 0 Å². The van der Waals surface area contributed by atoms with Gasteiger partial charge in [0.1, 0.15) is 0 Å². The van der Waals surface area contributed by atoms with Gasteiger partial charge in [0.05, 0.1) is 5.69 Å². The van der Waals surface area contributed by atoms with Crippen LogP contribution in [0.4, 0.5) is 5.69 Å². The molecule has 4 heteroatoms. The molecule has 3 nitrogen and oxygen atoms in total. The summed E-state index contributed by atoms with van der Waals surface area (Å²) in [6.45, 7) is 1.41. The molecule has 0 fully saturated rings. The minimum absolute atomic E-state index is 0.152. The van der Waals surface area contributed by atoms with E-state index in [0.29, 0.717) is 21.8 Å². The molecule has 0 unspecified atom stereocenters. The van der Waals surface area contributed by atoms with Crippen molar-refractivity contribution in [3.05, 3.63) is 64.7 Å². The Morgan fingerprint density at radius 1 is 1.00 bits per heavy atom. The molecule has 2 rings (SSSR count). The smallest absolute Gasteiger partial charge is 0.221 e. The van der Waals surface area contributed by atoms with Gasteiger partial charge < -0.3 is 5.32 Å². The normalized spacial score (nSPS) is 10.0. The van der Waals surface area contributed by atoms with E-state index in [-0.39, 0.29) is 11.7 Å². The molecule has 2 aromatic rings. The SMILES string of the molecule is CC(=O)Nc1ccccc1C(=O)c1ccc(Cl)cc1. The van der Waals surface area contributed by atoms with Crippen molar-refractivity contribution in [1.29, 1.82) is 0 Å². The highest BCUT2D eigenvalue weighted by Crippen LogP contribution is 2.20. The number of para-hydroxylation sites is 1. The van der Waals surface area contributed by atoms with E-state index in [9.17, 15) is 9.59 Å². The lowest BCUT2D eigenvalue weighted by molar-refractivity contribution is -0.114. The fraction of sp³-hybridized carbons (Fsp3) is 0.0667. The average Bonchev–Trinajstić information content (AvgIpc) is 2.39. The number of hydrogen-bond acceptors (Lipinski definition) is 2. The lowest BCUT2D eigenvalue weighted by atomic mass is 10.0. The third-order valence-electron chi connectivity index (χ3n) is 2.59. The molecule has 0 heterocycles. The highest BCUT2D eigenvalue weighted by molar-refractivity contribution is 6.30. The zero-order valence-corrected chi connectivity index (χ0v) is 11.1. The molecule has 96 valence electrons. The molecule has 0 aliphatic carbocycles. The largest absolute Gasteiger partial charge is 0.326 e.